The molecule has 1 unspecified atom stereocenters. The van der Waals surface area contributed by atoms with Gasteiger partial charge in [0.2, 0.25) is 5.91 Å². The molecule has 1 saturated carbocycles. The van der Waals surface area contributed by atoms with Crippen molar-refractivity contribution >= 4 is 17.8 Å². The normalized spacial score (nSPS) is 20.6. The van der Waals surface area contributed by atoms with Gasteiger partial charge < -0.3 is 24.3 Å². The number of hydrogen-bond donors (Lipinski definition) is 1. The van der Waals surface area contributed by atoms with Gasteiger partial charge in [-0.1, -0.05) is 31.4 Å². The van der Waals surface area contributed by atoms with E-state index in [0.29, 0.717) is 6.61 Å². The van der Waals surface area contributed by atoms with E-state index in [1.165, 1.54) is 19.9 Å². The second-order valence-electron chi connectivity index (χ2n) is 9.11. The summed E-state index contributed by atoms with van der Waals surface area (Å²) in [6.07, 6.45) is 6.67. The van der Waals surface area contributed by atoms with Crippen molar-refractivity contribution in [3.05, 3.63) is 47.5 Å². The predicted octanol–water partition coefficient (Wildman–Crippen LogP) is 2.93. The van der Waals surface area contributed by atoms with Crippen LogP contribution in [0.25, 0.3) is 0 Å². The van der Waals surface area contributed by atoms with Crippen LogP contribution in [0.15, 0.2) is 30.6 Å². The molecule has 182 valence electrons. The molecule has 2 aliphatic rings. The van der Waals surface area contributed by atoms with Gasteiger partial charge in [-0.05, 0) is 44.4 Å². The number of nitrogens with one attached hydrogen (secondary N) is 1. The van der Waals surface area contributed by atoms with Gasteiger partial charge in [0, 0.05) is 12.6 Å². The lowest BCUT2D eigenvalue weighted by Crippen LogP contribution is -2.64. The van der Waals surface area contributed by atoms with E-state index in [-0.39, 0.29) is 36.4 Å². The molecule has 1 aliphatic heterocycles. The van der Waals surface area contributed by atoms with Gasteiger partial charge in [-0.25, -0.2) is 9.78 Å². The number of rotatable bonds is 7. The van der Waals surface area contributed by atoms with Crippen molar-refractivity contribution in [2.45, 2.75) is 70.6 Å². The van der Waals surface area contributed by atoms with Gasteiger partial charge >= 0.3 is 5.97 Å². The van der Waals surface area contributed by atoms with Crippen LogP contribution in [0.3, 0.4) is 0 Å². The molecule has 0 spiro atoms. The molecule has 1 atom stereocenters. The van der Waals surface area contributed by atoms with E-state index in [0.717, 1.165) is 37.0 Å². The Morgan fingerprint density at radius 3 is 2.53 bits per heavy atom. The fourth-order valence-electron chi connectivity index (χ4n) is 4.81. The number of imidazole rings is 1. The van der Waals surface area contributed by atoms with Crippen molar-refractivity contribution in [3.8, 4) is 5.75 Å². The topological polar surface area (TPSA) is 103 Å². The number of carbonyl (C=O) groups is 3. The maximum absolute atomic E-state index is 13.8. The van der Waals surface area contributed by atoms with Gasteiger partial charge in [-0.3, -0.25) is 9.59 Å². The lowest BCUT2D eigenvalue weighted by Gasteiger charge is -2.44. The maximum atomic E-state index is 13.8. The minimum Gasteiger partial charge on any atom is -0.494 e. The number of fused-ring (bicyclic) bond motifs is 1. The van der Waals surface area contributed by atoms with Crippen LogP contribution in [0.2, 0.25) is 0 Å². The molecular weight excluding hydrogens is 436 g/mol. The number of aromatic nitrogens is 2. The monoisotopic (exact) mass is 468 g/mol. The third-order valence-corrected chi connectivity index (χ3v) is 6.74. The SMILES string of the molecule is CCOc1ccc(CN2C(=O)c3c(C(=O)OC)ncn3CC2(C)C(=O)NC2CCCCC2)cc1. The van der Waals surface area contributed by atoms with Crippen molar-refractivity contribution in [2.75, 3.05) is 13.7 Å². The summed E-state index contributed by atoms with van der Waals surface area (Å²) in [7, 11) is 1.25. The van der Waals surface area contributed by atoms with Crippen LogP contribution in [-0.4, -0.2) is 57.5 Å². The smallest absolute Gasteiger partial charge is 0.359 e. The summed E-state index contributed by atoms with van der Waals surface area (Å²) in [5.74, 6) is -0.574. The molecule has 0 radical (unpaired) electrons. The molecule has 0 saturated heterocycles. The number of ether oxygens (including phenoxy) is 2. The van der Waals surface area contributed by atoms with Crippen molar-refractivity contribution in [3.63, 3.8) is 0 Å². The minimum absolute atomic E-state index is 0.0427. The van der Waals surface area contributed by atoms with E-state index in [4.69, 9.17) is 9.47 Å². The Hall–Kier alpha value is -3.36. The molecule has 9 nitrogen and oxygen atoms in total. The van der Waals surface area contributed by atoms with Crippen LogP contribution in [0.5, 0.6) is 5.75 Å². The quantitative estimate of drug-likeness (QED) is 0.627. The van der Waals surface area contributed by atoms with E-state index in [2.05, 4.69) is 10.3 Å². The molecule has 1 aliphatic carbocycles. The summed E-state index contributed by atoms with van der Waals surface area (Å²) in [4.78, 5) is 45.3. The highest BCUT2D eigenvalue weighted by Gasteiger charge is 2.49. The zero-order chi connectivity index (χ0) is 24.3. The largest absolute Gasteiger partial charge is 0.494 e. The molecule has 1 aromatic carbocycles. The fourth-order valence-corrected chi connectivity index (χ4v) is 4.81. The highest BCUT2D eigenvalue weighted by atomic mass is 16.5. The molecule has 0 bridgehead atoms. The number of methoxy groups -OCH3 is 1. The number of carbonyl (C=O) groups excluding carboxylic acids is 3. The first-order valence-electron chi connectivity index (χ1n) is 11.9. The maximum Gasteiger partial charge on any atom is 0.359 e. The van der Waals surface area contributed by atoms with Crippen LogP contribution in [-0.2, 0) is 22.6 Å². The first-order chi connectivity index (χ1) is 16.4. The predicted molar refractivity (Wildman–Crippen MR) is 124 cm³/mol. The Balaban J connectivity index is 1.68. The Labute approximate surface area is 199 Å². The summed E-state index contributed by atoms with van der Waals surface area (Å²) in [6, 6.07) is 7.55. The Morgan fingerprint density at radius 2 is 1.88 bits per heavy atom. The van der Waals surface area contributed by atoms with E-state index >= 15 is 0 Å². The Kier molecular flexibility index (Phi) is 6.90. The van der Waals surface area contributed by atoms with Gasteiger partial charge in [0.25, 0.3) is 5.91 Å². The molecule has 4 rings (SSSR count). The number of amides is 2. The van der Waals surface area contributed by atoms with Crippen LogP contribution >= 0.6 is 0 Å². The zero-order valence-corrected chi connectivity index (χ0v) is 20.0. The Bertz CT molecular complexity index is 1060. The molecule has 1 aromatic heterocycles. The summed E-state index contributed by atoms with van der Waals surface area (Å²) in [5.41, 5.74) is -0.213. The van der Waals surface area contributed by atoms with Gasteiger partial charge in [0.15, 0.2) is 5.69 Å². The van der Waals surface area contributed by atoms with Crippen LogP contribution < -0.4 is 10.1 Å². The van der Waals surface area contributed by atoms with Gasteiger partial charge in [0.1, 0.15) is 17.0 Å². The summed E-state index contributed by atoms with van der Waals surface area (Å²) in [5, 5.41) is 3.18. The molecule has 9 heteroatoms. The molecule has 2 heterocycles. The van der Waals surface area contributed by atoms with Gasteiger partial charge in [-0.15, -0.1) is 0 Å². The third-order valence-electron chi connectivity index (χ3n) is 6.74. The van der Waals surface area contributed by atoms with Crippen LogP contribution in [0, 0.1) is 0 Å². The van der Waals surface area contributed by atoms with E-state index < -0.39 is 17.4 Å². The van der Waals surface area contributed by atoms with E-state index in [1.807, 2.05) is 31.2 Å². The number of hydrogen-bond acceptors (Lipinski definition) is 6. The number of esters is 1. The van der Waals surface area contributed by atoms with Crippen molar-refractivity contribution in [2.24, 2.45) is 0 Å². The first kappa shape index (κ1) is 23.8. The second kappa shape index (κ2) is 9.87. The third kappa shape index (κ3) is 4.51. The molecule has 2 aromatic rings. The average Bonchev–Trinajstić information content (AvgIpc) is 3.26. The highest BCUT2D eigenvalue weighted by molar-refractivity contribution is 6.06. The van der Waals surface area contributed by atoms with Gasteiger partial charge in [0.05, 0.1) is 26.6 Å². The molecule has 1 fully saturated rings. The summed E-state index contributed by atoms with van der Waals surface area (Å²) in [6.45, 7) is 4.64. The summed E-state index contributed by atoms with van der Waals surface area (Å²) >= 11 is 0. The lowest BCUT2D eigenvalue weighted by molar-refractivity contribution is -0.134. The van der Waals surface area contributed by atoms with Gasteiger partial charge in [-0.2, -0.15) is 0 Å². The minimum atomic E-state index is -1.16. The summed E-state index contributed by atoms with van der Waals surface area (Å²) < 4.78 is 11.9. The first-order valence-corrected chi connectivity index (χ1v) is 11.9. The standard InChI is InChI=1S/C25H32N4O5/c1-4-34-19-12-10-17(11-13-19)14-29-22(30)21-20(23(31)33-3)26-16-28(21)15-25(29,2)24(32)27-18-8-6-5-7-9-18/h10-13,16,18H,4-9,14-15H2,1-3H3,(H,27,32). The van der Waals surface area contributed by atoms with E-state index in [9.17, 15) is 14.4 Å². The average molecular weight is 469 g/mol. The molecular formula is C25H32N4O5. The van der Waals surface area contributed by atoms with Crippen molar-refractivity contribution < 1.29 is 23.9 Å². The molecule has 1 N–H and O–H groups in total. The molecule has 2 amide bonds. The lowest BCUT2D eigenvalue weighted by atomic mass is 9.91. The van der Waals surface area contributed by atoms with E-state index in [1.54, 1.807) is 16.4 Å². The second-order valence-corrected chi connectivity index (χ2v) is 9.11. The zero-order valence-electron chi connectivity index (χ0n) is 20.0. The fraction of sp³-hybridized carbons (Fsp3) is 0.520. The van der Waals surface area contributed by atoms with Crippen molar-refractivity contribution in [1.82, 2.24) is 19.8 Å². The molecule has 34 heavy (non-hydrogen) atoms. The highest BCUT2D eigenvalue weighted by Crippen LogP contribution is 2.32. The number of benzene rings is 1. The van der Waals surface area contributed by atoms with Crippen molar-refractivity contribution in [1.29, 1.82) is 0 Å². The van der Waals surface area contributed by atoms with Crippen LogP contribution in [0.1, 0.15) is 72.5 Å². The number of nitrogens with zero attached hydrogens (tertiary/aromatic N) is 3. The van der Waals surface area contributed by atoms with Crippen LogP contribution in [0.4, 0.5) is 0 Å². The Morgan fingerprint density at radius 1 is 1.18 bits per heavy atom.